The highest BCUT2D eigenvalue weighted by atomic mass is 79.9. The van der Waals surface area contributed by atoms with Crippen LogP contribution in [0.3, 0.4) is 0 Å². The Bertz CT molecular complexity index is 333. The van der Waals surface area contributed by atoms with Crippen LogP contribution in [0.1, 0.15) is 26.1 Å². The Morgan fingerprint density at radius 1 is 1.50 bits per heavy atom. The molecular weight excluding hydrogens is 286 g/mol. The lowest BCUT2D eigenvalue weighted by Crippen LogP contribution is -2.17. The molecule has 1 heterocycles. The smallest absolute Gasteiger partial charge is 0.131 e. The summed E-state index contributed by atoms with van der Waals surface area (Å²) in [5, 5.41) is 3.40. The SMILES string of the molecule is CCc1nc(Br)cc(NC(C)CCSC)n1. The maximum atomic E-state index is 4.44. The molecule has 3 nitrogen and oxygen atoms in total. The molecule has 0 aliphatic carbocycles. The van der Waals surface area contributed by atoms with Gasteiger partial charge in [0, 0.05) is 18.5 Å². The largest absolute Gasteiger partial charge is 0.367 e. The molecule has 16 heavy (non-hydrogen) atoms. The minimum absolute atomic E-state index is 0.443. The second-order valence-corrected chi connectivity index (χ2v) is 5.47. The van der Waals surface area contributed by atoms with Crippen LogP contribution >= 0.6 is 27.7 Å². The van der Waals surface area contributed by atoms with Gasteiger partial charge in [0.2, 0.25) is 0 Å². The van der Waals surface area contributed by atoms with Crippen molar-refractivity contribution in [1.82, 2.24) is 9.97 Å². The summed E-state index contributed by atoms with van der Waals surface area (Å²) in [6.45, 7) is 4.24. The number of hydrogen-bond donors (Lipinski definition) is 1. The number of aryl methyl sites for hydroxylation is 1. The molecule has 1 atom stereocenters. The van der Waals surface area contributed by atoms with Crippen LogP contribution in [0.25, 0.3) is 0 Å². The number of aromatic nitrogens is 2. The predicted molar refractivity (Wildman–Crippen MR) is 75.2 cm³/mol. The predicted octanol–water partition coefficient (Wildman–Crippen LogP) is 3.36. The normalized spacial score (nSPS) is 12.5. The molecule has 0 saturated heterocycles. The zero-order valence-electron chi connectivity index (χ0n) is 9.96. The third kappa shape index (κ3) is 4.70. The summed E-state index contributed by atoms with van der Waals surface area (Å²) in [7, 11) is 0. The molecule has 0 bridgehead atoms. The van der Waals surface area contributed by atoms with Gasteiger partial charge in [0.1, 0.15) is 16.2 Å². The van der Waals surface area contributed by atoms with Crippen molar-refractivity contribution >= 4 is 33.5 Å². The van der Waals surface area contributed by atoms with Gasteiger partial charge in [0.05, 0.1) is 0 Å². The highest BCUT2D eigenvalue weighted by molar-refractivity contribution is 9.10. The second kappa shape index (κ2) is 7.12. The van der Waals surface area contributed by atoms with Crippen molar-refractivity contribution in [1.29, 1.82) is 0 Å². The van der Waals surface area contributed by atoms with Gasteiger partial charge >= 0.3 is 0 Å². The van der Waals surface area contributed by atoms with Gasteiger partial charge in [-0.15, -0.1) is 0 Å². The first-order valence-corrected chi connectivity index (χ1v) is 7.63. The topological polar surface area (TPSA) is 37.8 Å². The Balaban J connectivity index is 2.61. The van der Waals surface area contributed by atoms with E-state index in [2.05, 4.69) is 51.3 Å². The molecule has 5 heteroatoms. The molecule has 1 aromatic heterocycles. The van der Waals surface area contributed by atoms with Crippen LogP contribution in [0.5, 0.6) is 0 Å². The van der Waals surface area contributed by atoms with E-state index in [4.69, 9.17) is 0 Å². The van der Waals surface area contributed by atoms with E-state index in [0.29, 0.717) is 6.04 Å². The van der Waals surface area contributed by atoms with Crippen LogP contribution < -0.4 is 5.32 Å². The van der Waals surface area contributed by atoms with Gasteiger partial charge in [-0.05, 0) is 41.3 Å². The van der Waals surface area contributed by atoms with E-state index < -0.39 is 0 Å². The van der Waals surface area contributed by atoms with Crippen LogP contribution in [-0.4, -0.2) is 28.0 Å². The molecule has 0 saturated carbocycles. The molecule has 0 fully saturated rings. The first kappa shape index (κ1) is 13.8. The van der Waals surface area contributed by atoms with Crippen molar-refractivity contribution in [2.24, 2.45) is 0 Å². The lowest BCUT2D eigenvalue weighted by molar-refractivity contribution is 0.762. The van der Waals surface area contributed by atoms with Crippen molar-refractivity contribution in [2.75, 3.05) is 17.3 Å². The van der Waals surface area contributed by atoms with E-state index in [0.717, 1.165) is 29.1 Å². The molecule has 1 aromatic rings. The molecular formula is C11H18BrN3S. The molecule has 0 radical (unpaired) electrons. The zero-order chi connectivity index (χ0) is 12.0. The Hall–Kier alpha value is -0.290. The molecule has 0 aromatic carbocycles. The summed E-state index contributed by atoms with van der Waals surface area (Å²) in [5.41, 5.74) is 0. The van der Waals surface area contributed by atoms with E-state index in [1.165, 1.54) is 5.75 Å². The van der Waals surface area contributed by atoms with E-state index in [1.807, 2.05) is 17.8 Å². The van der Waals surface area contributed by atoms with Gasteiger partial charge in [-0.3, -0.25) is 0 Å². The summed E-state index contributed by atoms with van der Waals surface area (Å²) >= 11 is 5.27. The fraction of sp³-hybridized carbons (Fsp3) is 0.636. The van der Waals surface area contributed by atoms with Crippen LogP contribution in [0.2, 0.25) is 0 Å². The number of anilines is 1. The monoisotopic (exact) mass is 303 g/mol. The fourth-order valence-corrected chi connectivity index (χ4v) is 2.33. The molecule has 90 valence electrons. The van der Waals surface area contributed by atoms with Gasteiger partial charge in [-0.25, -0.2) is 9.97 Å². The number of nitrogens with one attached hydrogen (secondary N) is 1. The number of halogens is 1. The summed E-state index contributed by atoms with van der Waals surface area (Å²) in [6, 6.07) is 2.37. The van der Waals surface area contributed by atoms with Crippen molar-refractivity contribution < 1.29 is 0 Å². The summed E-state index contributed by atoms with van der Waals surface area (Å²) in [4.78, 5) is 8.72. The van der Waals surface area contributed by atoms with Crippen LogP contribution in [0.4, 0.5) is 5.82 Å². The van der Waals surface area contributed by atoms with E-state index in [1.54, 1.807) is 0 Å². The molecule has 0 aliphatic heterocycles. The maximum Gasteiger partial charge on any atom is 0.131 e. The number of hydrogen-bond acceptors (Lipinski definition) is 4. The Morgan fingerprint density at radius 2 is 2.25 bits per heavy atom. The van der Waals surface area contributed by atoms with Crippen LogP contribution in [0.15, 0.2) is 10.7 Å². The Morgan fingerprint density at radius 3 is 2.88 bits per heavy atom. The number of rotatable bonds is 6. The standard InChI is InChI=1S/C11H18BrN3S/c1-4-10-14-9(12)7-11(15-10)13-8(2)5-6-16-3/h7-8H,4-6H2,1-3H3,(H,13,14,15). The first-order chi connectivity index (χ1) is 7.65. The quantitative estimate of drug-likeness (QED) is 0.818. The third-order valence-electron chi connectivity index (χ3n) is 2.21. The van der Waals surface area contributed by atoms with Crippen LogP contribution in [0, 0.1) is 0 Å². The van der Waals surface area contributed by atoms with E-state index in [-0.39, 0.29) is 0 Å². The van der Waals surface area contributed by atoms with Crippen molar-refractivity contribution in [3.8, 4) is 0 Å². The van der Waals surface area contributed by atoms with Crippen molar-refractivity contribution in [2.45, 2.75) is 32.7 Å². The summed E-state index contributed by atoms with van der Waals surface area (Å²) in [6.07, 6.45) is 4.13. The molecule has 1 N–H and O–H groups in total. The Labute approximate surface area is 110 Å². The minimum atomic E-state index is 0.443. The van der Waals surface area contributed by atoms with Gasteiger partial charge in [-0.1, -0.05) is 6.92 Å². The number of thioether (sulfide) groups is 1. The average molecular weight is 304 g/mol. The summed E-state index contributed by atoms with van der Waals surface area (Å²) < 4.78 is 0.846. The first-order valence-electron chi connectivity index (χ1n) is 5.44. The van der Waals surface area contributed by atoms with E-state index >= 15 is 0 Å². The van der Waals surface area contributed by atoms with Crippen LogP contribution in [-0.2, 0) is 6.42 Å². The maximum absolute atomic E-state index is 4.44. The van der Waals surface area contributed by atoms with Crippen molar-refractivity contribution in [3.63, 3.8) is 0 Å². The van der Waals surface area contributed by atoms with Gasteiger partial charge < -0.3 is 5.32 Å². The lowest BCUT2D eigenvalue weighted by Gasteiger charge is -2.14. The molecule has 0 amide bonds. The number of nitrogens with zero attached hydrogens (tertiary/aromatic N) is 2. The van der Waals surface area contributed by atoms with E-state index in [9.17, 15) is 0 Å². The minimum Gasteiger partial charge on any atom is -0.367 e. The zero-order valence-corrected chi connectivity index (χ0v) is 12.4. The summed E-state index contributed by atoms with van der Waals surface area (Å²) in [5.74, 6) is 2.95. The molecule has 1 unspecified atom stereocenters. The fourth-order valence-electron chi connectivity index (χ4n) is 1.32. The lowest BCUT2D eigenvalue weighted by atomic mass is 10.2. The Kier molecular flexibility index (Phi) is 6.13. The highest BCUT2D eigenvalue weighted by Crippen LogP contribution is 2.14. The molecule has 0 spiro atoms. The van der Waals surface area contributed by atoms with Gasteiger partial charge in [0.25, 0.3) is 0 Å². The van der Waals surface area contributed by atoms with Gasteiger partial charge in [-0.2, -0.15) is 11.8 Å². The third-order valence-corrected chi connectivity index (χ3v) is 3.26. The molecule has 1 rings (SSSR count). The second-order valence-electron chi connectivity index (χ2n) is 3.67. The molecule has 0 aliphatic rings. The average Bonchev–Trinajstić information content (AvgIpc) is 2.25. The van der Waals surface area contributed by atoms with Gasteiger partial charge in [0.15, 0.2) is 0 Å². The highest BCUT2D eigenvalue weighted by Gasteiger charge is 2.05. The van der Waals surface area contributed by atoms with Crippen molar-refractivity contribution in [3.05, 3.63) is 16.5 Å².